The molecule has 24 heavy (non-hydrogen) atoms. The first-order chi connectivity index (χ1) is 11.5. The van der Waals surface area contributed by atoms with Crippen LogP contribution in [0.3, 0.4) is 0 Å². The van der Waals surface area contributed by atoms with Crippen LogP contribution in [0.25, 0.3) is 5.76 Å². The highest BCUT2D eigenvalue weighted by atomic mass is 19.4. The molecule has 1 heterocycles. The van der Waals surface area contributed by atoms with Gasteiger partial charge < -0.3 is 9.64 Å². The van der Waals surface area contributed by atoms with E-state index in [1.165, 1.54) is 12.1 Å². The summed E-state index contributed by atoms with van der Waals surface area (Å²) in [6, 6.07) is 16.6. The molecule has 0 radical (unpaired) electrons. The van der Waals surface area contributed by atoms with Gasteiger partial charge in [0.2, 0.25) is 6.23 Å². The highest BCUT2D eigenvalue weighted by Gasteiger charge is 2.48. The second kappa shape index (κ2) is 6.39. The topological polar surface area (TPSA) is 29.5 Å². The first-order valence-corrected chi connectivity index (χ1v) is 7.30. The van der Waals surface area contributed by atoms with Gasteiger partial charge in [0, 0.05) is 12.1 Å². The van der Waals surface area contributed by atoms with E-state index in [9.17, 15) is 18.0 Å². The number of aldehydes is 1. The molecule has 0 aromatic heterocycles. The highest BCUT2D eigenvalue weighted by Crippen LogP contribution is 2.42. The van der Waals surface area contributed by atoms with Gasteiger partial charge in [-0.25, -0.2) is 0 Å². The number of benzene rings is 2. The number of ether oxygens (including phenoxy) is 1. The Morgan fingerprint density at radius 1 is 1.00 bits per heavy atom. The Labute approximate surface area is 137 Å². The van der Waals surface area contributed by atoms with Crippen molar-refractivity contribution in [2.45, 2.75) is 18.9 Å². The lowest BCUT2D eigenvalue weighted by Gasteiger charge is -2.25. The molecular formula is C18H14F3NO2. The summed E-state index contributed by atoms with van der Waals surface area (Å²) in [5.41, 5.74) is 0.00546. The van der Waals surface area contributed by atoms with Crippen molar-refractivity contribution in [3.8, 4) is 0 Å². The Kier molecular flexibility index (Phi) is 4.29. The fourth-order valence-corrected chi connectivity index (χ4v) is 2.63. The average Bonchev–Trinajstić information content (AvgIpc) is 2.95. The number of carbonyl (C=O) groups is 1. The van der Waals surface area contributed by atoms with Crippen LogP contribution >= 0.6 is 0 Å². The van der Waals surface area contributed by atoms with Gasteiger partial charge in [-0.15, -0.1) is 0 Å². The zero-order chi connectivity index (χ0) is 17.2. The summed E-state index contributed by atoms with van der Waals surface area (Å²) >= 11 is 0. The van der Waals surface area contributed by atoms with Crippen LogP contribution in [0.2, 0.25) is 0 Å². The van der Waals surface area contributed by atoms with Gasteiger partial charge in [0.25, 0.3) is 0 Å². The van der Waals surface area contributed by atoms with Crippen LogP contribution in [0.1, 0.15) is 11.1 Å². The molecule has 1 aliphatic heterocycles. The molecule has 0 amide bonds. The summed E-state index contributed by atoms with van der Waals surface area (Å²) in [4.78, 5) is 12.2. The predicted molar refractivity (Wildman–Crippen MR) is 82.3 cm³/mol. The minimum Gasteiger partial charge on any atom is -0.461 e. The number of allylic oxidation sites excluding steroid dienone is 1. The standard InChI is InChI=1S/C18H14F3NO2/c19-18(20,21)17-16(14-9-5-2-6-10-14)24-15(12-23)22(17)11-13-7-3-1-4-8-13/h1-10,12,15H,11H2. The van der Waals surface area contributed by atoms with Crippen LogP contribution < -0.4 is 0 Å². The molecule has 124 valence electrons. The Hall–Kier alpha value is -2.76. The molecule has 0 saturated carbocycles. The summed E-state index contributed by atoms with van der Waals surface area (Å²) in [6.07, 6.45) is -5.57. The zero-order valence-corrected chi connectivity index (χ0v) is 12.5. The van der Waals surface area contributed by atoms with Crippen molar-refractivity contribution in [2.75, 3.05) is 0 Å². The number of nitrogens with zero attached hydrogens (tertiary/aromatic N) is 1. The van der Waals surface area contributed by atoms with Crippen molar-refractivity contribution < 1.29 is 22.7 Å². The van der Waals surface area contributed by atoms with Gasteiger partial charge in [0.05, 0.1) is 0 Å². The second-order valence-corrected chi connectivity index (χ2v) is 5.30. The molecule has 3 nitrogen and oxygen atoms in total. The predicted octanol–water partition coefficient (Wildman–Crippen LogP) is 3.97. The van der Waals surface area contributed by atoms with Crippen LogP contribution in [-0.4, -0.2) is 23.6 Å². The molecule has 3 rings (SSSR count). The number of hydrogen-bond donors (Lipinski definition) is 0. The third-order valence-electron chi connectivity index (χ3n) is 3.66. The van der Waals surface area contributed by atoms with E-state index < -0.39 is 18.1 Å². The van der Waals surface area contributed by atoms with Gasteiger partial charge in [-0.1, -0.05) is 60.7 Å². The molecule has 2 aromatic carbocycles. The fourth-order valence-electron chi connectivity index (χ4n) is 2.63. The van der Waals surface area contributed by atoms with Crippen LogP contribution in [0.4, 0.5) is 13.2 Å². The normalized spacial score (nSPS) is 17.8. The van der Waals surface area contributed by atoms with E-state index in [0.29, 0.717) is 11.8 Å². The molecule has 2 aromatic rings. The zero-order valence-electron chi connectivity index (χ0n) is 12.5. The Bertz CT molecular complexity index is 742. The Morgan fingerprint density at radius 2 is 1.58 bits per heavy atom. The molecule has 1 unspecified atom stereocenters. The highest BCUT2D eigenvalue weighted by molar-refractivity contribution is 5.70. The van der Waals surface area contributed by atoms with Crippen LogP contribution in [0.15, 0.2) is 66.4 Å². The van der Waals surface area contributed by atoms with E-state index in [4.69, 9.17) is 4.74 Å². The lowest BCUT2D eigenvalue weighted by molar-refractivity contribution is -0.129. The molecule has 0 aliphatic carbocycles. The van der Waals surface area contributed by atoms with E-state index in [1.54, 1.807) is 48.5 Å². The van der Waals surface area contributed by atoms with Crippen molar-refractivity contribution in [3.63, 3.8) is 0 Å². The summed E-state index contributed by atoms with van der Waals surface area (Å²) in [6.45, 7) is -0.0740. The number of halogens is 3. The molecular weight excluding hydrogens is 319 g/mol. The van der Waals surface area contributed by atoms with E-state index in [2.05, 4.69) is 0 Å². The third kappa shape index (κ3) is 3.13. The summed E-state index contributed by atoms with van der Waals surface area (Å²) < 4.78 is 46.3. The first-order valence-electron chi connectivity index (χ1n) is 7.30. The van der Waals surface area contributed by atoms with Crippen molar-refractivity contribution >= 4 is 12.0 Å². The Balaban J connectivity index is 2.06. The number of hydrogen-bond acceptors (Lipinski definition) is 3. The van der Waals surface area contributed by atoms with Crippen molar-refractivity contribution in [3.05, 3.63) is 77.5 Å². The third-order valence-corrected chi connectivity index (χ3v) is 3.66. The minimum atomic E-state index is -4.64. The Morgan fingerprint density at radius 3 is 2.12 bits per heavy atom. The molecule has 6 heteroatoms. The van der Waals surface area contributed by atoms with Crippen LogP contribution in [0.5, 0.6) is 0 Å². The van der Waals surface area contributed by atoms with E-state index in [0.717, 1.165) is 4.90 Å². The summed E-state index contributed by atoms with van der Waals surface area (Å²) in [7, 11) is 0. The van der Waals surface area contributed by atoms with Gasteiger partial charge >= 0.3 is 6.18 Å². The quantitative estimate of drug-likeness (QED) is 0.793. The van der Waals surface area contributed by atoms with E-state index in [-0.39, 0.29) is 17.9 Å². The summed E-state index contributed by atoms with van der Waals surface area (Å²) in [5.74, 6) is -0.323. The second-order valence-electron chi connectivity index (χ2n) is 5.30. The van der Waals surface area contributed by atoms with E-state index >= 15 is 0 Å². The maximum absolute atomic E-state index is 13.7. The maximum atomic E-state index is 13.7. The SMILES string of the molecule is O=CC1OC(c2ccccc2)=C(C(F)(F)F)N1Cc1ccccc1. The van der Waals surface area contributed by atoms with Crippen LogP contribution in [-0.2, 0) is 16.1 Å². The number of rotatable bonds is 4. The number of carbonyl (C=O) groups excluding carboxylic acids is 1. The van der Waals surface area contributed by atoms with Crippen molar-refractivity contribution in [1.82, 2.24) is 4.90 Å². The monoisotopic (exact) mass is 333 g/mol. The average molecular weight is 333 g/mol. The lowest BCUT2D eigenvalue weighted by atomic mass is 10.1. The van der Waals surface area contributed by atoms with Gasteiger partial charge in [-0.2, -0.15) is 13.2 Å². The molecule has 0 fully saturated rings. The largest absolute Gasteiger partial charge is 0.461 e. The number of alkyl halides is 3. The maximum Gasteiger partial charge on any atom is 0.434 e. The minimum absolute atomic E-state index is 0.0740. The van der Waals surface area contributed by atoms with E-state index in [1.807, 2.05) is 0 Å². The van der Waals surface area contributed by atoms with Gasteiger partial charge in [-0.05, 0) is 5.56 Å². The molecule has 1 aliphatic rings. The molecule has 0 saturated heterocycles. The lowest BCUT2D eigenvalue weighted by Crippen LogP contribution is -2.36. The fraction of sp³-hybridized carbons (Fsp3) is 0.167. The van der Waals surface area contributed by atoms with Crippen LogP contribution in [0, 0.1) is 0 Å². The molecule has 0 bridgehead atoms. The first kappa shape index (κ1) is 16.1. The van der Waals surface area contributed by atoms with Crippen molar-refractivity contribution in [2.24, 2.45) is 0 Å². The molecule has 0 N–H and O–H groups in total. The van der Waals surface area contributed by atoms with Crippen molar-refractivity contribution in [1.29, 1.82) is 0 Å². The van der Waals surface area contributed by atoms with Gasteiger partial charge in [0.15, 0.2) is 17.7 Å². The van der Waals surface area contributed by atoms with Gasteiger partial charge in [-0.3, -0.25) is 4.79 Å². The molecule has 0 spiro atoms. The summed E-state index contributed by atoms with van der Waals surface area (Å²) in [5, 5.41) is 0. The molecule has 1 atom stereocenters. The smallest absolute Gasteiger partial charge is 0.434 e. The van der Waals surface area contributed by atoms with Gasteiger partial charge in [0.1, 0.15) is 0 Å².